The van der Waals surface area contributed by atoms with Gasteiger partial charge >= 0.3 is 23.9 Å². The number of hydrogen-bond acceptors (Lipinski definition) is 0. The number of alkyl halides is 9. The molecule has 0 heterocycles. The highest BCUT2D eigenvalue weighted by Gasteiger charge is 2.82. The lowest BCUT2D eigenvalue weighted by Gasteiger charge is -2.37. The first-order chi connectivity index (χ1) is 13.0. The highest BCUT2D eigenvalue weighted by molar-refractivity contribution is 9.10. The standard InChI is InChI=1S/C17H7BrF11/c1-7-5-9(14(21,16(24,25)26)15(22,23)17(27,28)29)12(10(18)6-7)8-3-2-4-11(19)13(8)20/h2-5H,1H3. The molecule has 0 aliphatic rings. The van der Waals surface area contributed by atoms with Crippen molar-refractivity contribution >= 4 is 15.9 Å². The fourth-order valence-corrected chi connectivity index (χ4v) is 3.35. The van der Waals surface area contributed by atoms with Gasteiger partial charge in [-0.2, -0.15) is 35.1 Å². The molecule has 159 valence electrons. The van der Waals surface area contributed by atoms with Gasteiger partial charge in [-0.3, -0.25) is 0 Å². The van der Waals surface area contributed by atoms with Crippen LogP contribution in [0.1, 0.15) is 11.1 Å². The summed E-state index contributed by atoms with van der Waals surface area (Å²) in [6.45, 7) is 0.933. The van der Waals surface area contributed by atoms with E-state index in [0.29, 0.717) is 12.1 Å². The van der Waals surface area contributed by atoms with E-state index in [4.69, 9.17) is 0 Å². The molecule has 0 aliphatic heterocycles. The minimum absolute atomic E-state index is 0.0254. The Kier molecular flexibility index (Phi) is 5.76. The Balaban J connectivity index is 3.07. The summed E-state index contributed by atoms with van der Waals surface area (Å²) in [6.07, 6.45) is -13.8. The first-order valence-electron chi connectivity index (χ1n) is 7.34. The van der Waals surface area contributed by atoms with Crippen molar-refractivity contribution in [2.45, 2.75) is 30.9 Å². The fourth-order valence-electron chi connectivity index (χ4n) is 2.61. The van der Waals surface area contributed by atoms with Crippen molar-refractivity contribution in [1.29, 1.82) is 0 Å². The predicted octanol–water partition coefficient (Wildman–Crippen LogP) is 7.43. The Morgan fingerprint density at radius 1 is 0.862 bits per heavy atom. The molecule has 2 aromatic carbocycles. The third-order valence-electron chi connectivity index (χ3n) is 3.93. The summed E-state index contributed by atoms with van der Waals surface area (Å²) in [5.41, 5.74) is -11.6. The molecule has 0 fully saturated rings. The monoisotopic (exact) mass is 499 g/mol. The highest BCUT2D eigenvalue weighted by atomic mass is 79.9. The second-order valence-electron chi connectivity index (χ2n) is 5.88. The molecule has 2 rings (SSSR count). The molecule has 0 saturated carbocycles. The van der Waals surface area contributed by atoms with Gasteiger partial charge in [0.15, 0.2) is 11.6 Å². The number of rotatable bonds is 3. The van der Waals surface area contributed by atoms with Crippen molar-refractivity contribution in [3.05, 3.63) is 57.6 Å². The van der Waals surface area contributed by atoms with E-state index in [9.17, 15) is 48.3 Å². The second-order valence-corrected chi connectivity index (χ2v) is 6.68. The number of halogens is 12. The van der Waals surface area contributed by atoms with Crippen molar-refractivity contribution in [3.8, 4) is 11.1 Å². The van der Waals surface area contributed by atoms with Crippen molar-refractivity contribution < 1.29 is 48.3 Å². The largest absolute Gasteiger partial charge is 0.457 e. The van der Waals surface area contributed by atoms with Gasteiger partial charge in [0.2, 0.25) is 0 Å². The summed E-state index contributed by atoms with van der Waals surface area (Å²) in [4.78, 5) is 0. The first-order valence-corrected chi connectivity index (χ1v) is 8.13. The second kappa shape index (κ2) is 7.13. The van der Waals surface area contributed by atoms with Gasteiger partial charge in [0.25, 0.3) is 0 Å². The topological polar surface area (TPSA) is 0 Å². The van der Waals surface area contributed by atoms with E-state index in [1.54, 1.807) is 0 Å². The van der Waals surface area contributed by atoms with E-state index < -0.39 is 62.3 Å². The Morgan fingerprint density at radius 3 is 1.90 bits per heavy atom. The van der Waals surface area contributed by atoms with Crippen molar-refractivity contribution in [2.24, 2.45) is 0 Å². The quantitative estimate of drug-likeness (QED) is 0.385. The first kappa shape index (κ1) is 23.4. The van der Waals surface area contributed by atoms with E-state index in [2.05, 4.69) is 22.0 Å². The average molecular weight is 500 g/mol. The molecule has 1 unspecified atom stereocenters. The smallest absolute Gasteiger partial charge is 0.221 e. The maximum absolute atomic E-state index is 15.0. The van der Waals surface area contributed by atoms with Gasteiger partial charge < -0.3 is 0 Å². The molecular weight excluding hydrogens is 493 g/mol. The molecule has 0 aromatic heterocycles. The lowest BCUT2D eigenvalue weighted by molar-refractivity contribution is -0.389. The molecular formula is C17H7BrF11. The van der Waals surface area contributed by atoms with Crippen LogP contribution in [0.4, 0.5) is 48.3 Å². The van der Waals surface area contributed by atoms with Crippen LogP contribution in [0.5, 0.6) is 0 Å². The molecule has 29 heavy (non-hydrogen) atoms. The van der Waals surface area contributed by atoms with Crippen molar-refractivity contribution in [1.82, 2.24) is 0 Å². The van der Waals surface area contributed by atoms with Crippen LogP contribution >= 0.6 is 15.9 Å². The minimum atomic E-state index is -6.97. The molecule has 12 heteroatoms. The summed E-state index contributed by atoms with van der Waals surface area (Å²) in [7, 11) is 0. The van der Waals surface area contributed by atoms with Gasteiger partial charge in [-0.1, -0.05) is 18.2 Å². The molecule has 0 amide bonds. The van der Waals surface area contributed by atoms with Crippen LogP contribution in [-0.2, 0) is 5.67 Å². The Hall–Kier alpha value is -1.85. The molecule has 0 spiro atoms. The van der Waals surface area contributed by atoms with E-state index in [1.807, 2.05) is 0 Å². The van der Waals surface area contributed by atoms with Gasteiger partial charge in [0, 0.05) is 27.2 Å². The summed E-state index contributed by atoms with van der Waals surface area (Å²) in [5, 5.41) is 0. The van der Waals surface area contributed by atoms with Crippen LogP contribution in [0.15, 0.2) is 28.7 Å². The normalized spacial score (nSPS) is 15.3. The zero-order valence-electron chi connectivity index (χ0n) is 13.8. The maximum Gasteiger partial charge on any atom is 0.457 e. The zero-order valence-corrected chi connectivity index (χ0v) is 15.4. The minimum Gasteiger partial charge on any atom is -0.221 e. The van der Waals surface area contributed by atoms with E-state index in [0.717, 1.165) is 13.0 Å². The Morgan fingerprint density at radius 2 is 1.41 bits per heavy atom. The van der Waals surface area contributed by atoms with Gasteiger partial charge in [-0.25, -0.2) is 13.2 Å². The predicted molar refractivity (Wildman–Crippen MR) is 82.9 cm³/mol. The lowest BCUT2D eigenvalue weighted by atomic mass is 9.81. The van der Waals surface area contributed by atoms with Crippen LogP contribution in [0.2, 0.25) is 0 Å². The number of benzene rings is 2. The summed E-state index contributed by atoms with van der Waals surface area (Å²) in [6, 6.07) is 4.09. The van der Waals surface area contributed by atoms with E-state index in [1.165, 1.54) is 0 Å². The molecule has 0 aliphatic carbocycles. The van der Waals surface area contributed by atoms with E-state index in [-0.39, 0.29) is 6.07 Å². The highest BCUT2D eigenvalue weighted by Crippen LogP contribution is 2.60. The third kappa shape index (κ3) is 3.59. The molecule has 0 nitrogen and oxygen atoms in total. The van der Waals surface area contributed by atoms with Crippen LogP contribution < -0.4 is 0 Å². The Bertz CT molecular complexity index is 930. The van der Waals surface area contributed by atoms with Crippen molar-refractivity contribution in [3.63, 3.8) is 0 Å². The summed E-state index contributed by atoms with van der Waals surface area (Å²) in [5.74, 6) is -10.5. The molecule has 1 atom stereocenters. The van der Waals surface area contributed by atoms with Gasteiger partial charge in [0.05, 0.1) is 0 Å². The molecule has 1 radical (unpaired) electrons. The summed E-state index contributed by atoms with van der Waals surface area (Å²) >= 11 is 2.56. The number of aryl methyl sites for hydroxylation is 1. The molecule has 2 aromatic rings. The lowest BCUT2D eigenvalue weighted by Crippen LogP contribution is -2.60. The third-order valence-corrected chi connectivity index (χ3v) is 4.52. The molecule has 0 bridgehead atoms. The Labute approximate surface area is 164 Å². The van der Waals surface area contributed by atoms with Gasteiger partial charge in [-0.15, -0.1) is 0 Å². The zero-order chi connectivity index (χ0) is 22.6. The molecule has 0 N–H and O–H groups in total. The summed E-state index contributed by atoms with van der Waals surface area (Å²) < 4.78 is 148. The number of hydrogen-bond donors (Lipinski definition) is 0. The van der Waals surface area contributed by atoms with Gasteiger partial charge in [0.1, 0.15) is 0 Å². The molecule has 0 saturated heterocycles. The van der Waals surface area contributed by atoms with Crippen LogP contribution in [-0.4, -0.2) is 18.3 Å². The van der Waals surface area contributed by atoms with Crippen LogP contribution in [0.25, 0.3) is 11.1 Å². The van der Waals surface area contributed by atoms with Crippen molar-refractivity contribution in [2.75, 3.05) is 0 Å². The average Bonchev–Trinajstić information content (AvgIpc) is 2.54. The van der Waals surface area contributed by atoms with Crippen LogP contribution in [0.3, 0.4) is 0 Å². The maximum atomic E-state index is 15.0. The van der Waals surface area contributed by atoms with E-state index >= 15 is 0 Å². The SMILES string of the molecule is Cc1[c]c(Br)c(-c2cccc(F)c2F)c(C(F)(C(F)(F)F)C(F)(F)C(F)(F)F)c1. The fraction of sp³-hybridized carbons (Fsp3) is 0.294. The van der Waals surface area contributed by atoms with Gasteiger partial charge in [-0.05, 0) is 34.5 Å². The van der Waals surface area contributed by atoms with Crippen LogP contribution in [0, 0.1) is 24.6 Å².